The summed E-state index contributed by atoms with van der Waals surface area (Å²) in [5.74, 6) is 0.763. The molecule has 1 aromatic heterocycles. The number of likely N-dealkylation sites (N-methyl/N-ethyl adjacent to an activating group) is 2. The van der Waals surface area contributed by atoms with Gasteiger partial charge in [-0.15, -0.1) is 0 Å². The number of hydrogen-bond acceptors (Lipinski definition) is 7. The Labute approximate surface area is 229 Å². The van der Waals surface area contributed by atoms with Gasteiger partial charge in [-0.2, -0.15) is 18.2 Å². The molecule has 5 rings (SSSR count). The molecule has 0 saturated carbocycles. The van der Waals surface area contributed by atoms with Gasteiger partial charge >= 0.3 is 6.18 Å². The number of nitrogens with one attached hydrogen (secondary N) is 2. The molecule has 4 aromatic rings. The number of carbonyl (C=O) groups is 1. The van der Waals surface area contributed by atoms with Crippen LogP contribution < -0.4 is 20.3 Å². The number of ether oxygens (including phenoxy) is 1. The van der Waals surface area contributed by atoms with E-state index in [9.17, 15) is 18.0 Å². The fourth-order valence-electron chi connectivity index (χ4n) is 4.90. The monoisotopic (exact) mass is 550 g/mol. The summed E-state index contributed by atoms with van der Waals surface area (Å²) in [6.45, 7) is 1.68. The van der Waals surface area contributed by atoms with Crippen LogP contribution >= 0.6 is 0 Å². The number of fused-ring (bicyclic) bond motifs is 1. The maximum Gasteiger partial charge on any atom is 0.416 e. The maximum atomic E-state index is 13.6. The van der Waals surface area contributed by atoms with Gasteiger partial charge in [0.2, 0.25) is 11.8 Å². The van der Waals surface area contributed by atoms with Crippen molar-refractivity contribution in [2.24, 2.45) is 0 Å². The van der Waals surface area contributed by atoms with E-state index in [1.54, 1.807) is 49.6 Å². The summed E-state index contributed by atoms with van der Waals surface area (Å²) in [5, 5.41) is 6.97. The number of anilines is 3. The second-order valence-electron chi connectivity index (χ2n) is 9.76. The van der Waals surface area contributed by atoms with Gasteiger partial charge in [0.15, 0.2) is 0 Å². The van der Waals surface area contributed by atoms with Crippen molar-refractivity contribution in [1.29, 1.82) is 0 Å². The lowest BCUT2D eigenvalue weighted by Crippen LogP contribution is -2.34. The first-order valence-corrected chi connectivity index (χ1v) is 12.8. The molecule has 1 fully saturated rings. The molecule has 11 heteroatoms. The topological polar surface area (TPSA) is 82.6 Å². The van der Waals surface area contributed by atoms with Gasteiger partial charge in [-0.25, -0.2) is 4.98 Å². The number of benzene rings is 3. The molecule has 40 heavy (non-hydrogen) atoms. The molecule has 0 aliphatic carbocycles. The summed E-state index contributed by atoms with van der Waals surface area (Å²) in [6.07, 6.45) is -2.10. The van der Waals surface area contributed by atoms with E-state index in [1.807, 2.05) is 25.1 Å². The predicted octanol–water partition coefficient (Wildman–Crippen LogP) is 5.88. The van der Waals surface area contributed by atoms with Gasteiger partial charge in [0.1, 0.15) is 5.75 Å². The van der Waals surface area contributed by atoms with E-state index in [0.717, 1.165) is 37.0 Å². The average Bonchev–Trinajstić information content (AvgIpc) is 3.38. The van der Waals surface area contributed by atoms with Crippen LogP contribution in [0.15, 0.2) is 66.9 Å². The fourth-order valence-corrected chi connectivity index (χ4v) is 4.90. The van der Waals surface area contributed by atoms with E-state index in [4.69, 9.17) is 4.74 Å². The summed E-state index contributed by atoms with van der Waals surface area (Å²) >= 11 is 0. The van der Waals surface area contributed by atoms with Gasteiger partial charge in [0, 0.05) is 44.5 Å². The van der Waals surface area contributed by atoms with Gasteiger partial charge in [0.05, 0.1) is 16.9 Å². The van der Waals surface area contributed by atoms with E-state index in [2.05, 4.69) is 25.5 Å². The zero-order valence-corrected chi connectivity index (χ0v) is 22.3. The van der Waals surface area contributed by atoms with Crippen molar-refractivity contribution in [3.63, 3.8) is 0 Å². The predicted molar refractivity (Wildman–Crippen MR) is 149 cm³/mol. The second kappa shape index (κ2) is 11.0. The Kier molecular flexibility index (Phi) is 7.49. The Morgan fingerprint density at radius 2 is 1.95 bits per heavy atom. The van der Waals surface area contributed by atoms with Crippen LogP contribution in [-0.2, 0) is 6.18 Å². The SMILES string of the molecule is CNc1nccc(Oc2ccc3c(C(=O)Nc4cc(C(F)(F)F)ccc4N(C)C4CCN(C)C4)cccc3c2)n1. The summed E-state index contributed by atoms with van der Waals surface area (Å²) in [4.78, 5) is 25.9. The third-order valence-corrected chi connectivity index (χ3v) is 7.04. The van der Waals surface area contributed by atoms with Crippen molar-refractivity contribution in [2.75, 3.05) is 49.8 Å². The smallest absolute Gasteiger partial charge is 0.416 e. The van der Waals surface area contributed by atoms with Gasteiger partial charge in [-0.3, -0.25) is 4.79 Å². The minimum Gasteiger partial charge on any atom is -0.439 e. The fraction of sp³-hybridized carbons (Fsp3) is 0.276. The van der Waals surface area contributed by atoms with Crippen molar-refractivity contribution in [1.82, 2.24) is 14.9 Å². The minimum absolute atomic E-state index is 0.109. The molecule has 0 bridgehead atoms. The summed E-state index contributed by atoms with van der Waals surface area (Å²) in [7, 11) is 5.56. The Morgan fingerprint density at radius 3 is 2.67 bits per heavy atom. The Bertz CT molecular complexity index is 1540. The van der Waals surface area contributed by atoms with Crippen molar-refractivity contribution < 1.29 is 22.7 Å². The summed E-state index contributed by atoms with van der Waals surface area (Å²) in [5.41, 5.74) is 0.144. The van der Waals surface area contributed by atoms with Crippen LogP contribution in [0, 0.1) is 0 Å². The van der Waals surface area contributed by atoms with Crippen LogP contribution in [-0.4, -0.2) is 61.0 Å². The number of alkyl halides is 3. The highest BCUT2D eigenvalue weighted by Crippen LogP contribution is 2.37. The number of aromatic nitrogens is 2. The van der Waals surface area contributed by atoms with Crippen molar-refractivity contribution >= 4 is 34.0 Å². The minimum atomic E-state index is -4.54. The van der Waals surface area contributed by atoms with Crippen LogP contribution in [0.5, 0.6) is 11.6 Å². The van der Waals surface area contributed by atoms with Crippen LogP contribution in [0.25, 0.3) is 10.8 Å². The van der Waals surface area contributed by atoms with Crippen LogP contribution in [0.3, 0.4) is 0 Å². The Balaban J connectivity index is 1.44. The molecule has 8 nitrogen and oxygen atoms in total. The van der Waals surface area contributed by atoms with E-state index in [-0.39, 0.29) is 11.7 Å². The molecule has 1 aliphatic rings. The number of nitrogens with zero attached hydrogens (tertiary/aromatic N) is 4. The molecule has 208 valence electrons. The van der Waals surface area contributed by atoms with Crippen LogP contribution in [0.1, 0.15) is 22.3 Å². The molecule has 2 heterocycles. The molecule has 1 atom stereocenters. The maximum absolute atomic E-state index is 13.6. The molecular weight excluding hydrogens is 521 g/mol. The lowest BCUT2D eigenvalue weighted by molar-refractivity contribution is -0.137. The van der Waals surface area contributed by atoms with E-state index in [0.29, 0.717) is 34.2 Å². The van der Waals surface area contributed by atoms with Crippen molar-refractivity contribution in [3.8, 4) is 11.6 Å². The lowest BCUT2D eigenvalue weighted by Gasteiger charge is -2.29. The van der Waals surface area contributed by atoms with Crippen LogP contribution in [0.2, 0.25) is 0 Å². The van der Waals surface area contributed by atoms with Crippen molar-refractivity contribution in [2.45, 2.75) is 18.6 Å². The number of amides is 1. The Hall–Kier alpha value is -4.38. The first kappa shape index (κ1) is 27.2. The van der Waals surface area contributed by atoms with E-state index in [1.165, 1.54) is 6.07 Å². The first-order valence-electron chi connectivity index (χ1n) is 12.8. The summed E-state index contributed by atoms with van der Waals surface area (Å²) < 4.78 is 46.7. The standard InChI is InChI=1S/C29H29F3N6O2/c1-33-28-34-13-11-26(36-28)40-21-8-9-22-18(15-21)5-4-6-23(22)27(39)35-24-16-19(29(30,31)32)7-10-25(24)38(3)20-12-14-37(2)17-20/h4-11,13,15-16,20H,12,14,17H2,1-3H3,(H,35,39)(H,33,34,36). The average molecular weight is 551 g/mol. The number of rotatable bonds is 7. The van der Waals surface area contributed by atoms with Crippen molar-refractivity contribution in [3.05, 3.63) is 78.0 Å². The lowest BCUT2D eigenvalue weighted by atomic mass is 10.0. The highest BCUT2D eigenvalue weighted by molar-refractivity contribution is 6.14. The number of halogens is 3. The molecule has 1 aliphatic heterocycles. The summed E-state index contributed by atoms with van der Waals surface area (Å²) in [6, 6.07) is 15.6. The molecule has 1 amide bonds. The molecule has 1 unspecified atom stereocenters. The van der Waals surface area contributed by atoms with E-state index < -0.39 is 17.6 Å². The highest BCUT2D eigenvalue weighted by atomic mass is 19.4. The zero-order valence-electron chi connectivity index (χ0n) is 22.3. The molecule has 2 N–H and O–H groups in total. The van der Waals surface area contributed by atoms with E-state index >= 15 is 0 Å². The first-order chi connectivity index (χ1) is 19.1. The van der Waals surface area contributed by atoms with Gasteiger partial charge < -0.3 is 25.2 Å². The quantitative estimate of drug-likeness (QED) is 0.298. The molecular formula is C29H29F3N6O2. The van der Waals surface area contributed by atoms with Gasteiger partial charge in [-0.05, 0) is 73.3 Å². The third kappa shape index (κ3) is 5.79. The molecule has 3 aromatic carbocycles. The second-order valence-corrected chi connectivity index (χ2v) is 9.76. The largest absolute Gasteiger partial charge is 0.439 e. The number of hydrogen-bond donors (Lipinski definition) is 2. The number of likely N-dealkylation sites (tertiary alicyclic amines) is 1. The van der Waals surface area contributed by atoms with Gasteiger partial charge in [0.25, 0.3) is 5.91 Å². The Morgan fingerprint density at radius 1 is 1.12 bits per heavy atom. The molecule has 0 radical (unpaired) electrons. The third-order valence-electron chi connectivity index (χ3n) is 7.04. The zero-order chi connectivity index (χ0) is 28.4. The number of carbonyl (C=O) groups excluding carboxylic acids is 1. The van der Waals surface area contributed by atoms with Gasteiger partial charge in [-0.1, -0.05) is 12.1 Å². The normalized spacial score (nSPS) is 15.7. The molecule has 0 spiro atoms. The molecule has 1 saturated heterocycles. The van der Waals surface area contributed by atoms with Crippen LogP contribution in [0.4, 0.5) is 30.5 Å². The highest BCUT2D eigenvalue weighted by Gasteiger charge is 2.32.